The Kier molecular flexibility index (Phi) is 3.97. The van der Waals surface area contributed by atoms with Gasteiger partial charge in [0.25, 0.3) is 11.6 Å². The summed E-state index contributed by atoms with van der Waals surface area (Å²) < 4.78 is 1.51. The third-order valence-corrected chi connectivity index (χ3v) is 3.62. The molecule has 1 aromatic heterocycles. The number of likely N-dealkylation sites (tertiary alicyclic amines) is 1. The van der Waals surface area contributed by atoms with Crippen LogP contribution in [0.25, 0.3) is 0 Å². The summed E-state index contributed by atoms with van der Waals surface area (Å²) in [5.41, 5.74) is -0.0111. The number of hydrogen-bond acceptors (Lipinski definition) is 4. The first kappa shape index (κ1) is 15.0. The molecule has 1 fully saturated rings. The van der Waals surface area contributed by atoms with Crippen molar-refractivity contribution >= 4 is 17.6 Å². The summed E-state index contributed by atoms with van der Waals surface area (Å²) in [5, 5.41) is 20.0. The molecule has 1 saturated heterocycles. The number of carboxylic acid groups (broad SMARTS) is 1. The molecule has 114 valence electrons. The van der Waals surface area contributed by atoms with Gasteiger partial charge < -0.3 is 14.6 Å². The number of carbonyl (C=O) groups is 2. The van der Waals surface area contributed by atoms with Crippen molar-refractivity contribution in [3.63, 3.8) is 0 Å². The van der Waals surface area contributed by atoms with E-state index in [0.717, 1.165) is 0 Å². The molecule has 0 bridgehead atoms. The number of aliphatic carboxylic acids is 1. The molecule has 1 aliphatic rings. The molecule has 8 heteroatoms. The second kappa shape index (κ2) is 5.55. The molecule has 1 N–H and O–H groups in total. The summed E-state index contributed by atoms with van der Waals surface area (Å²) in [7, 11) is 0. The molecule has 2 rings (SSSR count). The van der Waals surface area contributed by atoms with Gasteiger partial charge in [0.05, 0.1) is 11.1 Å². The van der Waals surface area contributed by atoms with E-state index in [0.29, 0.717) is 19.4 Å². The van der Waals surface area contributed by atoms with Crippen LogP contribution in [0.15, 0.2) is 12.3 Å². The van der Waals surface area contributed by atoms with E-state index in [9.17, 15) is 19.7 Å². The van der Waals surface area contributed by atoms with Crippen LogP contribution >= 0.6 is 0 Å². The maximum Gasteiger partial charge on any atom is 0.326 e. The van der Waals surface area contributed by atoms with Crippen LogP contribution in [0, 0.1) is 10.1 Å². The van der Waals surface area contributed by atoms with Crippen molar-refractivity contribution in [2.24, 2.45) is 0 Å². The van der Waals surface area contributed by atoms with Crippen LogP contribution in [0.5, 0.6) is 0 Å². The van der Waals surface area contributed by atoms with Crippen molar-refractivity contribution in [3.05, 3.63) is 28.1 Å². The Morgan fingerprint density at radius 3 is 2.67 bits per heavy atom. The summed E-state index contributed by atoms with van der Waals surface area (Å²) in [5.74, 6) is -1.51. The first-order chi connectivity index (χ1) is 9.82. The zero-order chi connectivity index (χ0) is 15.7. The number of carbonyl (C=O) groups excluding carboxylic acids is 1. The Balaban J connectivity index is 2.38. The molecule has 1 atom stereocenters. The average Bonchev–Trinajstić information content (AvgIpc) is 3.04. The fraction of sp³-hybridized carbons (Fsp3) is 0.538. The quantitative estimate of drug-likeness (QED) is 0.671. The second-order valence-corrected chi connectivity index (χ2v) is 5.34. The van der Waals surface area contributed by atoms with Gasteiger partial charge in [-0.2, -0.15) is 0 Å². The molecule has 0 saturated carbocycles. The largest absolute Gasteiger partial charge is 0.480 e. The molecule has 2 heterocycles. The van der Waals surface area contributed by atoms with Gasteiger partial charge in [-0.15, -0.1) is 0 Å². The third-order valence-electron chi connectivity index (χ3n) is 3.62. The van der Waals surface area contributed by atoms with Gasteiger partial charge in [-0.3, -0.25) is 14.9 Å². The van der Waals surface area contributed by atoms with Crippen molar-refractivity contribution < 1.29 is 19.6 Å². The monoisotopic (exact) mass is 295 g/mol. The van der Waals surface area contributed by atoms with Crippen molar-refractivity contribution in [1.82, 2.24) is 9.47 Å². The predicted molar refractivity (Wildman–Crippen MR) is 73.2 cm³/mol. The fourth-order valence-corrected chi connectivity index (χ4v) is 2.58. The van der Waals surface area contributed by atoms with Crippen LogP contribution in [0.1, 0.15) is 43.2 Å². The van der Waals surface area contributed by atoms with Gasteiger partial charge in [0.1, 0.15) is 11.7 Å². The molecule has 8 nitrogen and oxygen atoms in total. The summed E-state index contributed by atoms with van der Waals surface area (Å²) in [4.78, 5) is 35.3. The summed E-state index contributed by atoms with van der Waals surface area (Å²) in [6.45, 7) is 3.96. The second-order valence-electron chi connectivity index (χ2n) is 5.34. The normalized spacial score (nSPS) is 18.2. The highest BCUT2D eigenvalue weighted by Crippen LogP contribution is 2.25. The first-order valence-corrected chi connectivity index (χ1v) is 6.73. The molecule has 21 heavy (non-hydrogen) atoms. The minimum Gasteiger partial charge on any atom is -0.480 e. The lowest BCUT2D eigenvalue weighted by atomic mass is 10.2. The maximum atomic E-state index is 12.5. The highest BCUT2D eigenvalue weighted by atomic mass is 16.6. The number of carboxylic acids is 1. The van der Waals surface area contributed by atoms with Gasteiger partial charge in [-0.05, 0) is 26.7 Å². The lowest BCUT2D eigenvalue weighted by Gasteiger charge is -2.22. The van der Waals surface area contributed by atoms with Crippen LogP contribution in [0.3, 0.4) is 0 Å². The van der Waals surface area contributed by atoms with Gasteiger partial charge in [0.15, 0.2) is 0 Å². The van der Waals surface area contributed by atoms with Crippen molar-refractivity contribution in [1.29, 1.82) is 0 Å². The SMILES string of the molecule is CC(C)n1cc([N+](=O)[O-])cc1C(=O)N1CCCC1C(=O)O. The summed E-state index contributed by atoms with van der Waals surface area (Å²) in [6.07, 6.45) is 2.34. The number of amides is 1. The number of rotatable bonds is 4. The van der Waals surface area contributed by atoms with E-state index in [1.165, 1.54) is 21.7 Å². The molecule has 1 amide bonds. The van der Waals surface area contributed by atoms with Crippen LogP contribution in [-0.4, -0.2) is 44.0 Å². The third kappa shape index (κ3) is 2.74. The van der Waals surface area contributed by atoms with E-state index in [4.69, 9.17) is 5.11 Å². The summed E-state index contributed by atoms with van der Waals surface area (Å²) >= 11 is 0. The van der Waals surface area contributed by atoms with Gasteiger partial charge in [0, 0.05) is 18.7 Å². The van der Waals surface area contributed by atoms with Crippen molar-refractivity contribution in [2.45, 2.75) is 38.8 Å². The molecule has 1 aliphatic heterocycles. The van der Waals surface area contributed by atoms with E-state index < -0.39 is 22.8 Å². The van der Waals surface area contributed by atoms with E-state index in [-0.39, 0.29) is 17.4 Å². The van der Waals surface area contributed by atoms with Crippen LogP contribution in [-0.2, 0) is 4.79 Å². The van der Waals surface area contributed by atoms with Crippen LogP contribution < -0.4 is 0 Å². The van der Waals surface area contributed by atoms with E-state index in [1.54, 1.807) is 13.8 Å². The van der Waals surface area contributed by atoms with Crippen molar-refractivity contribution in [3.8, 4) is 0 Å². The first-order valence-electron chi connectivity index (χ1n) is 6.73. The topological polar surface area (TPSA) is 106 Å². The predicted octanol–water partition coefficient (Wildman–Crippen LogP) is 1.67. The molecule has 1 aromatic rings. The van der Waals surface area contributed by atoms with Gasteiger partial charge in [-0.1, -0.05) is 0 Å². The lowest BCUT2D eigenvalue weighted by molar-refractivity contribution is -0.384. The van der Waals surface area contributed by atoms with Gasteiger partial charge in [0.2, 0.25) is 0 Å². The number of hydrogen-bond donors (Lipinski definition) is 1. The lowest BCUT2D eigenvalue weighted by Crippen LogP contribution is -2.41. The minimum absolute atomic E-state index is 0.136. The zero-order valence-corrected chi connectivity index (χ0v) is 11.9. The number of nitro groups is 1. The zero-order valence-electron chi connectivity index (χ0n) is 11.9. The standard InChI is InChI=1S/C13H17N3O5/c1-8(2)15-7-9(16(20)21)6-11(15)12(17)14-5-3-4-10(14)13(18)19/h6-8,10H,3-5H2,1-2H3,(H,18,19). The van der Waals surface area contributed by atoms with E-state index >= 15 is 0 Å². The summed E-state index contributed by atoms with van der Waals surface area (Å²) in [6, 6.07) is 0.218. The Labute approximate surface area is 121 Å². The molecule has 0 spiro atoms. The smallest absolute Gasteiger partial charge is 0.326 e. The highest BCUT2D eigenvalue weighted by Gasteiger charge is 2.36. The van der Waals surface area contributed by atoms with Crippen molar-refractivity contribution in [2.75, 3.05) is 6.54 Å². The number of aromatic nitrogens is 1. The molecular weight excluding hydrogens is 278 g/mol. The Morgan fingerprint density at radius 2 is 2.14 bits per heavy atom. The van der Waals surface area contributed by atoms with E-state index in [2.05, 4.69) is 0 Å². The molecule has 0 radical (unpaired) electrons. The Morgan fingerprint density at radius 1 is 1.48 bits per heavy atom. The van der Waals surface area contributed by atoms with Gasteiger partial charge in [-0.25, -0.2) is 4.79 Å². The number of nitrogens with zero attached hydrogens (tertiary/aromatic N) is 3. The molecule has 0 aromatic carbocycles. The fourth-order valence-electron chi connectivity index (χ4n) is 2.58. The van der Waals surface area contributed by atoms with E-state index in [1.807, 2.05) is 0 Å². The van der Waals surface area contributed by atoms with Gasteiger partial charge >= 0.3 is 5.97 Å². The Hall–Kier alpha value is -2.38. The molecule has 1 unspecified atom stereocenters. The molecular formula is C13H17N3O5. The Bertz CT molecular complexity index is 593. The van der Waals surface area contributed by atoms with Crippen LogP contribution in [0.2, 0.25) is 0 Å². The highest BCUT2D eigenvalue weighted by molar-refractivity contribution is 5.96. The minimum atomic E-state index is -1.04. The maximum absolute atomic E-state index is 12.5. The average molecular weight is 295 g/mol. The van der Waals surface area contributed by atoms with Crippen LogP contribution in [0.4, 0.5) is 5.69 Å². The molecule has 0 aliphatic carbocycles.